The van der Waals surface area contributed by atoms with E-state index in [1.807, 2.05) is 24.3 Å². The number of aldehydes is 1. The van der Waals surface area contributed by atoms with E-state index in [0.29, 0.717) is 5.56 Å². The zero-order valence-corrected chi connectivity index (χ0v) is 7.31. The molecule has 0 amide bonds. The molecule has 0 aliphatic rings. The highest BCUT2D eigenvalue weighted by atomic mass is 16.2. The van der Waals surface area contributed by atoms with E-state index in [-0.39, 0.29) is 6.61 Å². The van der Waals surface area contributed by atoms with Crippen molar-refractivity contribution < 1.29 is 9.90 Å². The lowest BCUT2D eigenvalue weighted by molar-refractivity contribution is 0.112. The Morgan fingerprint density at radius 1 is 1.31 bits per heavy atom. The molecule has 2 heteroatoms. The number of hydrogen-bond acceptors (Lipinski definition) is 2. The fourth-order valence-corrected chi connectivity index (χ4v) is 1.09. The van der Waals surface area contributed by atoms with E-state index in [0.717, 1.165) is 18.3 Å². The number of benzene rings is 1. The van der Waals surface area contributed by atoms with Crippen molar-refractivity contribution in [1.82, 2.24) is 0 Å². The van der Waals surface area contributed by atoms with Gasteiger partial charge in [-0.3, -0.25) is 4.79 Å². The van der Waals surface area contributed by atoms with Gasteiger partial charge in [-0.25, -0.2) is 0 Å². The number of allylic oxidation sites excluding steroid dienone is 1. The van der Waals surface area contributed by atoms with Crippen LogP contribution in [0.1, 0.15) is 15.9 Å². The van der Waals surface area contributed by atoms with Crippen molar-refractivity contribution in [3.63, 3.8) is 0 Å². The molecule has 1 rings (SSSR count). The first-order valence-corrected chi connectivity index (χ1v) is 4.17. The van der Waals surface area contributed by atoms with E-state index >= 15 is 0 Å². The van der Waals surface area contributed by atoms with E-state index in [1.54, 1.807) is 12.1 Å². The number of carbonyl (C=O) groups excluding carboxylic acids is 1. The molecule has 2 nitrogen and oxygen atoms in total. The number of hydrogen-bond donors (Lipinski definition) is 1. The maximum Gasteiger partial charge on any atom is 0.150 e. The first-order chi connectivity index (χ1) is 6.36. The van der Waals surface area contributed by atoms with Gasteiger partial charge in [0.25, 0.3) is 0 Å². The lowest BCUT2D eigenvalue weighted by Gasteiger charge is -1.96. The van der Waals surface area contributed by atoms with E-state index in [2.05, 4.69) is 0 Å². The third kappa shape index (κ3) is 3.22. The Balaban J connectivity index is 2.66. The lowest BCUT2D eigenvalue weighted by Crippen LogP contribution is -1.85. The first-order valence-electron chi connectivity index (χ1n) is 4.17. The maximum atomic E-state index is 10.4. The normalized spacial score (nSPS) is 10.5. The van der Waals surface area contributed by atoms with Gasteiger partial charge in [-0.1, -0.05) is 30.4 Å². The second-order valence-corrected chi connectivity index (χ2v) is 2.72. The van der Waals surface area contributed by atoms with Crippen LogP contribution in [0.15, 0.2) is 36.4 Å². The van der Waals surface area contributed by atoms with Gasteiger partial charge in [0.2, 0.25) is 0 Å². The van der Waals surface area contributed by atoms with Crippen LogP contribution < -0.4 is 0 Å². The van der Waals surface area contributed by atoms with Gasteiger partial charge < -0.3 is 5.11 Å². The second kappa shape index (κ2) is 5.27. The molecule has 1 aromatic rings. The number of aliphatic hydroxyl groups excluding tert-OH is 1. The molecule has 0 saturated heterocycles. The van der Waals surface area contributed by atoms with Crippen molar-refractivity contribution >= 4 is 6.29 Å². The monoisotopic (exact) mass is 176 g/mol. The summed E-state index contributed by atoms with van der Waals surface area (Å²) in [6, 6.07) is 7.42. The molecule has 0 fully saturated rings. The Kier molecular flexibility index (Phi) is 3.93. The minimum atomic E-state index is 0.0629. The van der Waals surface area contributed by atoms with E-state index in [1.165, 1.54) is 0 Å². The second-order valence-electron chi connectivity index (χ2n) is 2.72. The summed E-state index contributed by atoms with van der Waals surface area (Å²) in [6.07, 6.45) is 5.15. The predicted octanol–water partition coefficient (Wildman–Crippen LogP) is 1.59. The maximum absolute atomic E-state index is 10.4. The zero-order chi connectivity index (χ0) is 9.52. The van der Waals surface area contributed by atoms with Crippen LogP contribution in [0.4, 0.5) is 0 Å². The quantitative estimate of drug-likeness (QED) is 0.558. The van der Waals surface area contributed by atoms with E-state index in [4.69, 9.17) is 5.11 Å². The SMILES string of the molecule is O=Cc1cccc(C/C=C/CO)c1. The summed E-state index contributed by atoms with van der Waals surface area (Å²) in [5, 5.41) is 8.50. The van der Waals surface area contributed by atoms with E-state index in [9.17, 15) is 4.79 Å². The van der Waals surface area contributed by atoms with Crippen LogP contribution in [-0.4, -0.2) is 18.0 Å². The summed E-state index contributed by atoms with van der Waals surface area (Å²) in [6.45, 7) is 0.0629. The highest BCUT2D eigenvalue weighted by molar-refractivity contribution is 5.74. The third-order valence-corrected chi connectivity index (χ3v) is 1.71. The standard InChI is InChI=1S/C11H12O2/c12-7-2-1-4-10-5-3-6-11(8-10)9-13/h1-3,5-6,8-9,12H,4,7H2/b2-1+. The molecule has 1 aromatic carbocycles. The molecule has 0 aliphatic heterocycles. The molecule has 0 heterocycles. The van der Waals surface area contributed by atoms with Crippen LogP contribution in [0.5, 0.6) is 0 Å². The van der Waals surface area contributed by atoms with Gasteiger partial charge in [0.15, 0.2) is 0 Å². The highest BCUT2D eigenvalue weighted by Crippen LogP contribution is 2.04. The van der Waals surface area contributed by atoms with Crippen LogP contribution in [0.3, 0.4) is 0 Å². The topological polar surface area (TPSA) is 37.3 Å². The molecule has 1 N–H and O–H groups in total. The van der Waals surface area contributed by atoms with Crippen molar-refractivity contribution in [2.45, 2.75) is 6.42 Å². The van der Waals surface area contributed by atoms with Crippen LogP contribution in [0, 0.1) is 0 Å². The van der Waals surface area contributed by atoms with Gasteiger partial charge >= 0.3 is 0 Å². The number of aliphatic hydroxyl groups is 1. The molecule has 0 radical (unpaired) electrons. The Bertz CT molecular complexity index is 303. The minimum Gasteiger partial charge on any atom is -0.392 e. The van der Waals surface area contributed by atoms with Gasteiger partial charge in [0.1, 0.15) is 6.29 Å². The molecule has 68 valence electrons. The fourth-order valence-electron chi connectivity index (χ4n) is 1.09. The third-order valence-electron chi connectivity index (χ3n) is 1.71. The van der Waals surface area contributed by atoms with Crippen molar-refractivity contribution in [2.24, 2.45) is 0 Å². The Hall–Kier alpha value is -1.41. The van der Waals surface area contributed by atoms with Crippen molar-refractivity contribution in [3.8, 4) is 0 Å². The number of rotatable bonds is 4. The van der Waals surface area contributed by atoms with Gasteiger partial charge in [-0.2, -0.15) is 0 Å². The smallest absolute Gasteiger partial charge is 0.150 e. The molecule has 0 aromatic heterocycles. The van der Waals surface area contributed by atoms with E-state index < -0.39 is 0 Å². The summed E-state index contributed by atoms with van der Waals surface area (Å²) in [4.78, 5) is 10.4. The molecular weight excluding hydrogens is 164 g/mol. The van der Waals surface area contributed by atoms with Crippen LogP contribution in [0.2, 0.25) is 0 Å². The number of carbonyl (C=O) groups is 1. The summed E-state index contributed by atoms with van der Waals surface area (Å²) in [5.74, 6) is 0. The Morgan fingerprint density at radius 3 is 2.85 bits per heavy atom. The Labute approximate surface area is 77.5 Å². The molecule has 13 heavy (non-hydrogen) atoms. The summed E-state index contributed by atoms with van der Waals surface area (Å²) >= 11 is 0. The first kappa shape index (κ1) is 9.68. The summed E-state index contributed by atoms with van der Waals surface area (Å²) in [5.41, 5.74) is 1.77. The van der Waals surface area contributed by atoms with Gasteiger partial charge in [-0.05, 0) is 18.1 Å². The van der Waals surface area contributed by atoms with Crippen LogP contribution in [0.25, 0.3) is 0 Å². The van der Waals surface area contributed by atoms with Crippen molar-refractivity contribution in [3.05, 3.63) is 47.5 Å². The van der Waals surface area contributed by atoms with Crippen LogP contribution in [-0.2, 0) is 6.42 Å². The molecule has 0 bridgehead atoms. The average molecular weight is 176 g/mol. The van der Waals surface area contributed by atoms with Gasteiger partial charge in [-0.15, -0.1) is 0 Å². The molecule has 0 aliphatic carbocycles. The fraction of sp³-hybridized carbons (Fsp3) is 0.182. The highest BCUT2D eigenvalue weighted by Gasteiger charge is 1.91. The summed E-state index contributed by atoms with van der Waals surface area (Å²) < 4.78 is 0. The van der Waals surface area contributed by atoms with Gasteiger partial charge in [0.05, 0.1) is 6.61 Å². The molecule has 0 spiro atoms. The Morgan fingerprint density at radius 2 is 2.15 bits per heavy atom. The lowest BCUT2D eigenvalue weighted by atomic mass is 10.1. The van der Waals surface area contributed by atoms with Crippen molar-refractivity contribution in [1.29, 1.82) is 0 Å². The molecular formula is C11H12O2. The average Bonchev–Trinajstić information content (AvgIpc) is 2.19. The van der Waals surface area contributed by atoms with Crippen molar-refractivity contribution in [2.75, 3.05) is 6.61 Å². The minimum absolute atomic E-state index is 0.0629. The van der Waals surface area contributed by atoms with Crippen LogP contribution >= 0.6 is 0 Å². The predicted molar refractivity (Wildman–Crippen MR) is 51.8 cm³/mol. The summed E-state index contributed by atoms with van der Waals surface area (Å²) in [7, 11) is 0. The van der Waals surface area contributed by atoms with Gasteiger partial charge in [0, 0.05) is 5.56 Å². The zero-order valence-electron chi connectivity index (χ0n) is 7.31. The largest absolute Gasteiger partial charge is 0.392 e. The molecule has 0 atom stereocenters. The molecule has 0 unspecified atom stereocenters. The molecule has 0 saturated carbocycles.